The van der Waals surface area contributed by atoms with Crippen molar-refractivity contribution in [1.29, 1.82) is 0 Å². The van der Waals surface area contributed by atoms with Crippen LogP contribution in [-0.2, 0) is 6.61 Å². The zero-order valence-corrected chi connectivity index (χ0v) is 18.5. The molecule has 152 valence electrons. The Kier molecular flexibility index (Phi) is 5.79. The molecule has 0 bridgehead atoms. The lowest BCUT2D eigenvalue weighted by Crippen LogP contribution is -2.11. The average molecular weight is 460 g/mol. The first-order valence-corrected chi connectivity index (χ1v) is 10.4. The second-order valence-corrected chi connectivity index (χ2v) is 8.21. The van der Waals surface area contributed by atoms with Gasteiger partial charge in [-0.15, -0.1) is 0 Å². The second kappa shape index (κ2) is 8.35. The molecule has 6 heteroatoms. The number of aryl methyl sites for hydroxylation is 2. The molecule has 4 rings (SSSR count). The first kappa shape index (κ1) is 20.8. The molecule has 0 unspecified atom stereocenters. The quantitative estimate of drug-likeness (QED) is 0.315. The molecule has 3 aromatic carbocycles. The van der Waals surface area contributed by atoms with Crippen LogP contribution in [-0.4, -0.2) is 0 Å². The Morgan fingerprint density at radius 3 is 2.20 bits per heavy atom. The van der Waals surface area contributed by atoms with Gasteiger partial charge in [0.25, 0.3) is 0 Å². The van der Waals surface area contributed by atoms with E-state index in [1.54, 1.807) is 30.3 Å². The van der Waals surface area contributed by atoms with Gasteiger partial charge >= 0.3 is 0 Å². The molecular formula is C24H17Cl3O3. The van der Waals surface area contributed by atoms with Gasteiger partial charge in [0.05, 0.1) is 10.4 Å². The molecule has 0 aliphatic carbocycles. The topological polar surface area (TPSA) is 39.4 Å². The number of hydrogen-bond acceptors (Lipinski definition) is 3. The Morgan fingerprint density at radius 1 is 0.867 bits per heavy atom. The summed E-state index contributed by atoms with van der Waals surface area (Å²) in [5.74, 6) is 0.333. The van der Waals surface area contributed by atoms with Crippen LogP contribution in [0.1, 0.15) is 16.7 Å². The van der Waals surface area contributed by atoms with E-state index in [1.165, 1.54) is 0 Å². The zero-order valence-electron chi connectivity index (χ0n) is 16.3. The van der Waals surface area contributed by atoms with Gasteiger partial charge in [-0.3, -0.25) is 4.79 Å². The van der Waals surface area contributed by atoms with Crippen molar-refractivity contribution in [1.82, 2.24) is 0 Å². The largest absolute Gasteiger partial charge is 0.481 e. The second-order valence-electron chi connectivity index (χ2n) is 6.99. The third-order valence-electron chi connectivity index (χ3n) is 5.01. The third kappa shape index (κ3) is 3.81. The fraction of sp³-hybridized carbons (Fsp3) is 0.125. The fourth-order valence-corrected chi connectivity index (χ4v) is 3.93. The van der Waals surface area contributed by atoms with Crippen molar-refractivity contribution in [3.63, 3.8) is 0 Å². The zero-order chi connectivity index (χ0) is 21.4. The standard InChI is InChI=1S/C24H17Cl3O3/c1-13-10-16-21(11-14(13)2)30-23(15-6-3-4-7-18(15)25)24(22(16)28)29-12-17-19(26)8-5-9-20(17)27/h3-11H,12H2,1-2H3. The Hall–Kier alpha value is -2.46. The summed E-state index contributed by atoms with van der Waals surface area (Å²) in [5.41, 5.74) is 3.36. The lowest BCUT2D eigenvalue weighted by Gasteiger charge is -2.14. The molecule has 0 aliphatic rings. The fourth-order valence-electron chi connectivity index (χ4n) is 3.20. The molecule has 0 aliphatic heterocycles. The number of hydrogen-bond donors (Lipinski definition) is 0. The summed E-state index contributed by atoms with van der Waals surface area (Å²) >= 11 is 18.9. The van der Waals surface area contributed by atoms with E-state index in [0.29, 0.717) is 37.2 Å². The van der Waals surface area contributed by atoms with Crippen LogP contribution in [0.25, 0.3) is 22.3 Å². The highest BCUT2D eigenvalue weighted by Gasteiger charge is 2.21. The van der Waals surface area contributed by atoms with Gasteiger partial charge in [0.15, 0.2) is 5.76 Å². The maximum atomic E-state index is 13.4. The molecular weight excluding hydrogens is 443 g/mol. The van der Waals surface area contributed by atoms with Crippen molar-refractivity contribution in [2.45, 2.75) is 20.5 Å². The van der Waals surface area contributed by atoms with Gasteiger partial charge in [-0.25, -0.2) is 0 Å². The highest BCUT2D eigenvalue weighted by molar-refractivity contribution is 6.36. The average Bonchev–Trinajstić information content (AvgIpc) is 2.71. The Balaban J connectivity index is 1.93. The number of halogens is 3. The van der Waals surface area contributed by atoms with E-state index in [1.807, 2.05) is 38.1 Å². The van der Waals surface area contributed by atoms with E-state index < -0.39 is 0 Å². The van der Waals surface area contributed by atoms with Crippen LogP contribution in [0.2, 0.25) is 15.1 Å². The van der Waals surface area contributed by atoms with Crippen LogP contribution in [0.4, 0.5) is 0 Å². The van der Waals surface area contributed by atoms with Crippen molar-refractivity contribution >= 4 is 45.8 Å². The first-order valence-electron chi connectivity index (χ1n) is 9.25. The SMILES string of the molecule is Cc1cc2oc(-c3ccccc3Cl)c(OCc3c(Cl)cccc3Cl)c(=O)c2cc1C. The van der Waals surface area contributed by atoms with Crippen LogP contribution < -0.4 is 10.2 Å². The molecule has 0 fully saturated rings. The van der Waals surface area contributed by atoms with Crippen LogP contribution in [0.15, 0.2) is 63.8 Å². The summed E-state index contributed by atoms with van der Waals surface area (Å²) in [6.07, 6.45) is 0. The van der Waals surface area contributed by atoms with Gasteiger partial charge in [0.2, 0.25) is 11.2 Å². The molecule has 4 aromatic rings. The van der Waals surface area contributed by atoms with Crippen molar-refractivity contribution in [3.8, 4) is 17.1 Å². The van der Waals surface area contributed by atoms with Crippen LogP contribution >= 0.6 is 34.8 Å². The van der Waals surface area contributed by atoms with Crippen LogP contribution in [0.3, 0.4) is 0 Å². The minimum atomic E-state index is -0.280. The molecule has 3 nitrogen and oxygen atoms in total. The first-order chi connectivity index (χ1) is 14.4. The van der Waals surface area contributed by atoms with E-state index in [9.17, 15) is 4.79 Å². The maximum Gasteiger partial charge on any atom is 0.235 e. The van der Waals surface area contributed by atoms with E-state index in [4.69, 9.17) is 44.0 Å². The summed E-state index contributed by atoms with van der Waals surface area (Å²) in [5, 5.41) is 1.80. The van der Waals surface area contributed by atoms with Crippen molar-refractivity contribution < 1.29 is 9.15 Å². The summed E-state index contributed by atoms with van der Waals surface area (Å²) < 4.78 is 12.1. The van der Waals surface area contributed by atoms with E-state index in [0.717, 1.165) is 11.1 Å². The van der Waals surface area contributed by atoms with E-state index in [2.05, 4.69) is 0 Å². The number of rotatable bonds is 4. The van der Waals surface area contributed by atoms with Crippen molar-refractivity contribution in [2.75, 3.05) is 0 Å². The summed E-state index contributed by atoms with van der Waals surface area (Å²) in [6.45, 7) is 3.92. The minimum absolute atomic E-state index is 0.0110. The molecule has 0 spiro atoms. The van der Waals surface area contributed by atoms with Gasteiger partial charge < -0.3 is 9.15 Å². The van der Waals surface area contributed by atoms with Gasteiger partial charge in [0.1, 0.15) is 12.2 Å². The van der Waals surface area contributed by atoms with Gasteiger partial charge in [-0.2, -0.15) is 0 Å². The molecule has 0 amide bonds. The monoisotopic (exact) mass is 458 g/mol. The summed E-state index contributed by atoms with van der Waals surface area (Å²) in [7, 11) is 0. The Bertz CT molecular complexity index is 1310. The van der Waals surface area contributed by atoms with Crippen molar-refractivity contribution in [2.24, 2.45) is 0 Å². The molecule has 1 heterocycles. The van der Waals surface area contributed by atoms with E-state index >= 15 is 0 Å². The Labute approximate surface area is 188 Å². The van der Waals surface area contributed by atoms with Gasteiger partial charge in [-0.05, 0) is 61.4 Å². The normalized spacial score (nSPS) is 11.1. The molecule has 0 saturated carbocycles. The number of ether oxygens (including phenoxy) is 1. The summed E-state index contributed by atoms with van der Waals surface area (Å²) in [6, 6.07) is 16.0. The Morgan fingerprint density at radius 2 is 1.50 bits per heavy atom. The molecule has 0 N–H and O–H groups in total. The molecule has 30 heavy (non-hydrogen) atoms. The molecule has 1 aromatic heterocycles. The van der Waals surface area contributed by atoms with Crippen molar-refractivity contribution in [3.05, 3.63) is 96.6 Å². The highest BCUT2D eigenvalue weighted by atomic mass is 35.5. The van der Waals surface area contributed by atoms with Crippen LogP contribution in [0, 0.1) is 13.8 Å². The van der Waals surface area contributed by atoms with Gasteiger partial charge in [-0.1, -0.05) is 53.0 Å². The number of fused-ring (bicyclic) bond motifs is 1. The molecule has 0 radical (unpaired) electrons. The lowest BCUT2D eigenvalue weighted by molar-refractivity contribution is 0.298. The summed E-state index contributed by atoms with van der Waals surface area (Å²) in [4.78, 5) is 13.4. The third-order valence-corrected chi connectivity index (χ3v) is 6.04. The molecule has 0 saturated heterocycles. The van der Waals surface area contributed by atoms with Gasteiger partial charge in [0, 0.05) is 21.2 Å². The smallest absolute Gasteiger partial charge is 0.235 e. The minimum Gasteiger partial charge on any atom is -0.481 e. The molecule has 0 atom stereocenters. The maximum absolute atomic E-state index is 13.4. The number of benzene rings is 3. The predicted octanol–water partition coefficient (Wildman–Crippen LogP) is 7.62. The predicted molar refractivity (Wildman–Crippen MR) is 123 cm³/mol. The lowest BCUT2D eigenvalue weighted by atomic mass is 10.0. The van der Waals surface area contributed by atoms with Crippen LogP contribution in [0.5, 0.6) is 5.75 Å². The van der Waals surface area contributed by atoms with E-state index in [-0.39, 0.29) is 23.5 Å². The highest BCUT2D eigenvalue weighted by Crippen LogP contribution is 2.36.